The summed E-state index contributed by atoms with van der Waals surface area (Å²) in [6.07, 6.45) is 0. The Hall–Kier alpha value is -2.39. The van der Waals surface area contributed by atoms with Crippen molar-refractivity contribution in [1.29, 1.82) is 0 Å². The second-order valence-corrected chi connectivity index (χ2v) is 6.15. The Labute approximate surface area is 148 Å². The largest absolute Gasteiger partial charge is 0.493 e. The Kier molecular flexibility index (Phi) is 4.81. The molecule has 0 aliphatic carbocycles. The van der Waals surface area contributed by atoms with Crippen LogP contribution in [-0.2, 0) is 4.75 Å². The van der Waals surface area contributed by atoms with Crippen LogP contribution in [0.25, 0.3) is 0 Å². The maximum absolute atomic E-state index is 5.68. The third kappa shape index (κ3) is 2.76. The first-order chi connectivity index (χ1) is 11.7. The lowest BCUT2D eigenvalue weighted by atomic mass is 9.83. The van der Waals surface area contributed by atoms with Crippen molar-refractivity contribution >= 4 is 12.6 Å². The van der Waals surface area contributed by atoms with E-state index in [1.165, 1.54) is 0 Å². The van der Waals surface area contributed by atoms with E-state index < -0.39 is 4.75 Å². The lowest BCUT2D eigenvalue weighted by Gasteiger charge is -2.32. The molecule has 3 rings (SSSR count). The van der Waals surface area contributed by atoms with Crippen molar-refractivity contribution in [2.75, 3.05) is 14.2 Å². The Bertz CT molecular complexity index is 761. The van der Waals surface area contributed by atoms with Crippen molar-refractivity contribution in [2.45, 2.75) is 4.75 Å². The van der Waals surface area contributed by atoms with Gasteiger partial charge in [0.05, 0.1) is 19.0 Å². The summed E-state index contributed by atoms with van der Waals surface area (Å²) in [5.74, 6) is 1.39. The molecule has 3 heteroatoms. The first-order valence-corrected chi connectivity index (χ1v) is 8.21. The molecule has 24 heavy (non-hydrogen) atoms. The number of ether oxygens (including phenoxy) is 2. The molecule has 2 nitrogen and oxygen atoms in total. The van der Waals surface area contributed by atoms with E-state index in [0.717, 1.165) is 16.7 Å². The summed E-state index contributed by atoms with van der Waals surface area (Å²) in [6.45, 7) is 0. The quantitative estimate of drug-likeness (QED) is 0.526. The molecule has 0 saturated carbocycles. The van der Waals surface area contributed by atoms with Gasteiger partial charge in [-0.3, -0.25) is 0 Å². The maximum atomic E-state index is 5.68. The Morgan fingerprint density at radius 2 is 1.21 bits per heavy atom. The molecule has 0 N–H and O–H groups in total. The highest BCUT2D eigenvalue weighted by molar-refractivity contribution is 7.81. The summed E-state index contributed by atoms with van der Waals surface area (Å²) in [5, 5.41) is 0. The number of para-hydroxylation sites is 1. The van der Waals surface area contributed by atoms with Crippen molar-refractivity contribution in [3.8, 4) is 11.5 Å². The van der Waals surface area contributed by atoms with Crippen LogP contribution >= 0.6 is 12.6 Å². The minimum absolute atomic E-state index is 0.650. The van der Waals surface area contributed by atoms with E-state index in [2.05, 4.69) is 24.3 Å². The number of rotatable bonds is 5. The standard InChI is InChI=1S/C21H20O2S/c1-22-19-15-9-14-18(20(19)23-2)21(24,16-10-5-3-6-11-16)17-12-7-4-8-13-17/h3-15,24H,1-2H3. The number of methoxy groups -OCH3 is 2. The summed E-state index contributed by atoms with van der Waals surface area (Å²) in [5.41, 5.74) is 3.10. The minimum Gasteiger partial charge on any atom is -0.493 e. The van der Waals surface area contributed by atoms with Crippen LogP contribution in [0.1, 0.15) is 16.7 Å². The summed E-state index contributed by atoms with van der Waals surface area (Å²) < 4.78 is 10.5. The number of benzene rings is 3. The van der Waals surface area contributed by atoms with Crippen LogP contribution in [0.15, 0.2) is 78.9 Å². The zero-order valence-electron chi connectivity index (χ0n) is 13.8. The molecule has 0 saturated heterocycles. The molecule has 3 aromatic rings. The molecule has 122 valence electrons. The van der Waals surface area contributed by atoms with Gasteiger partial charge in [0.15, 0.2) is 11.5 Å². The van der Waals surface area contributed by atoms with Crippen LogP contribution < -0.4 is 9.47 Å². The summed E-state index contributed by atoms with van der Waals surface area (Å²) >= 11 is 5.16. The van der Waals surface area contributed by atoms with Crippen molar-refractivity contribution in [3.05, 3.63) is 95.6 Å². The van der Waals surface area contributed by atoms with Gasteiger partial charge in [0.1, 0.15) is 0 Å². The van der Waals surface area contributed by atoms with Crippen LogP contribution in [-0.4, -0.2) is 14.2 Å². The van der Waals surface area contributed by atoms with E-state index in [0.29, 0.717) is 11.5 Å². The monoisotopic (exact) mass is 336 g/mol. The second kappa shape index (κ2) is 7.02. The fourth-order valence-corrected chi connectivity index (χ4v) is 3.48. The third-order valence-electron chi connectivity index (χ3n) is 4.18. The molecular weight excluding hydrogens is 316 g/mol. The maximum Gasteiger partial charge on any atom is 0.165 e. The van der Waals surface area contributed by atoms with Gasteiger partial charge in [-0.25, -0.2) is 0 Å². The van der Waals surface area contributed by atoms with Gasteiger partial charge in [0.2, 0.25) is 0 Å². The van der Waals surface area contributed by atoms with Gasteiger partial charge in [0.25, 0.3) is 0 Å². The van der Waals surface area contributed by atoms with E-state index in [9.17, 15) is 0 Å². The van der Waals surface area contributed by atoms with Crippen molar-refractivity contribution < 1.29 is 9.47 Å². The third-order valence-corrected chi connectivity index (χ3v) is 4.93. The summed E-state index contributed by atoms with van der Waals surface area (Å²) in [4.78, 5) is 0. The van der Waals surface area contributed by atoms with Crippen molar-refractivity contribution in [2.24, 2.45) is 0 Å². The first-order valence-electron chi connectivity index (χ1n) is 7.76. The molecule has 0 aromatic heterocycles. The van der Waals surface area contributed by atoms with Crippen molar-refractivity contribution in [3.63, 3.8) is 0 Å². The Morgan fingerprint density at radius 1 is 0.667 bits per heavy atom. The van der Waals surface area contributed by atoms with E-state index in [1.807, 2.05) is 54.6 Å². The second-order valence-electron chi connectivity index (χ2n) is 5.48. The number of hydrogen-bond donors (Lipinski definition) is 1. The molecule has 0 spiro atoms. The zero-order chi connectivity index (χ0) is 17.0. The molecule has 0 aliphatic heterocycles. The van der Waals surface area contributed by atoms with Gasteiger partial charge in [-0.1, -0.05) is 72.8 Å². The summed E-state index contributed by atoms with van der Waals surface area (Å²) in [6, 6.07) is 26.3. The van der Waals surface area contributed by atoms with E-state index >= 15 is 0 Å². The first kappa shape index (κ1) is 16.5. The van der Waals surface area contributed by atoms with Crippen LogP contribution in [0.2, 0.25) is 0 Å². The molecule has 0 aliphatic rings. The van der Waals surface area contributed by atoms with E-state index in [-0.39, 0.29) is 0 Å². The molecular formula is C21H20O2S. The Balaban J connectivity index is 2.32. The zero-order valence-corrected chi connectivity index (χ0v) is 14.7. The fourth-order valence-electron chi connectivity index (χ4n) is 3.01. The molecule has 0 amide bonds. The highest BCUT2D eigenvalue weighted by Crippen LogP contribution is 2.48. The van der Waals surface area contributed by atoms with Gasteiger partial charge in [-0.2, -0.15) is 12.6 Å². The van der Waals surface area contributed by atoms with Gasteiger partial charge in [0, 0.05) is 5.56 Å². The number of hydrogen-bond acceptors (Lipinski definition) is 3. The normalized spacial score (nSPS) is 11.1. The fraction of sp³-hybridized carbons (Fsp3) is 0.143. The lowest BCUT2D eigenvalue weighted by molar-refractivity contribution is 0.350. The van der Waals surface area contributed by atoms with E-state index in [4.69, 9.17) is 22.1 Å². The van der Waals surface area contributed by atoms with Crippen molar-refractivity contribution in [1.82, 2.24) is 0 Å². The molecule has 0 heterocycles. The van der Waals surface area contributed by atoms with Gasteiger partial charge < -0.3 is 9.47 Å². The smallest absolute Gasteiger partial charge is 0.165 e. The van der Waals surface area contributed by atoms with E-state index in [1.54, 1.807) is 14.2 Å². The van der Waals surface area contributed by atoms with Crippen LogP contribution in [0, 0.1) is 0 Å². The molecule has 3 aromatic carbocycles. The highest BCUT2D eigenvalue weighted by atomic mass is 32.1. The SMILES string of the molecule is COc1cccc(C(S)(c2ccccc2)c2ccccc2)c1OC. The van der Waals surface area contributed by atoms with Crippen LogP contribution in [0.5, 0.6) is 11.5 Å². The molecule has 0 bridgehead atoms. The average Bonchev–Trinajstić information content (AvgIpc) is 2.68. The predicted molar refractivity (Wildman–Crippen MR) is 101 cm³/mol. The Morgan fingerprint density at radius 3 is 1.67 bits per heavy atom. The molecule has 0 unspecified atom stereocenters. The summed E-state index contributed by atoms with van der Waals surface area (Å²) in [7, 11) is 3.30. The number of thiol groups is 1. The van der Waals surface area contributed by atoms with Crippen LogP contribution in [0.4, 0.5) is 0 Å². The lowest BCUT2D eigenvalue weighted by Crippen LogP contribution is -2.23. The van der Waals surface area contributed by atoms with Gasteiger partial charge in [-0.15, -0.1) is 0 Å². The van der Waals surface area contributed by atoms with Crippen LogP contribution in [0.3, 0.4) is 0 Å². The highest BCUT2D eigenvalue weighted by Gasteiger charge is 2.35. The van der Waals surface area contributed by atoms with Gasteiger partial charge in [-0.05, 0) is 17.2 Å². The average molecular weight is 336 g/mol. The minimum atomic E-state index is -0.650. The van der Waals surface area contributed by atoms with Gasteiger partial charge >= 0.3 is 0 Å². The topological polar surface area (TPSA) is 18.5 Å². The molecule has 0 atom stereocenters. The predicted octanol–water partition coefficient (Wildman–Crippen LogP) is 4.93. The molecule has 0 radical (unpaired) electrons. The molecule has 0 fully saturated rings.